The molecule has 4 nitrogen and oxygen atoms in total. The molecule has 1 aliphatic rings. The summed E-state index contributed by atoms with van der Waals surface area (Å²) >= 11 is 0. The first-order chi connectivity index (χ1) is 6.22. The first kappa shape index (κ1) is 8.56. The fourth-order valence-corrected chi connectivity index (χ4v) is 1.95. The first-order valence-corrected chi connectivity index (χ1v) is 4.75. The molecule has 72 valence electrons. The van der Waals surface area contributed by atoms with Gasteiger partial charge in [-0.3, -0.25) is 9.58 Å². The van der Waals surface area contributed by atoms with Crippen LogP contribution in [-0.4, -0.2) is 27.8 Å². The Labute approximate surface area is 78.3 Å². The van der Waals surface area contributed by atoms with Crippen molar-refractivity contribution in [2.24, 2.45) is 7.05 Å². The number of nitrogen functional groups attached to an aromatic ring is 1. The summed E-state index contributed by atoms with van der Waals surface area (Å²) in [6.07, 6.45) is 1.07. The lowest BCUT2D eigenvalue weighted by molar-refractivity contribution is 0.265. The van der Waals surface area contributed by atoms with Gasteiger partial charge in [-0.05, 0) is 6.54 Å². The van der Waals surface area contributed by atoms with Crippen molar-refractivity contribution in [1.82, 2.24) is 14.7 Å². The van der Waals surface area contributed by atoms with E-state index in [2.05, 4.69) is 16.9 Å². The maximum absolute atomic E-state index is 5.82. The highest BCUT2D eigenvalue weighted by Crippen LogP contribution is 2.22. The van der Waals surface area contributed by atoms with E-state index < -0.39 is 0 Å². The van der Waals surface area contributed by atoms with Crippen molar-refractivity contribution in [3.05, 3.63) is 11.3 Å². The molecule has 0 fully saturated rings. The van der Waals surface area contributed by atoms with Crippen LogP contribution >= 0.6 is 0 Å². The van der Waals surface area contributed by atoms with Gasteiger partial charge in [0.25, 0.3) is 0 Å². The Hall–Kier alpha value is -1.03. The summed E-state index contributed by atoms with van der Waals surface area (Å²) in [5, 5.41) is 4.23. The number of fused-ring (bicyclic) bond motifs is 1. The maximum Gasteiger partial charge on any atom is 0.150 e. The van der Waals surface area contributed by atoms with Crippen LogP contribution in [0.5, 0.6) is 0 Å². The molecule has 1 aromatic heterocycles. The zero-order valence-electron chi connectivity index (χ0n) is 8.25. The molecule has 13 heavy (non-hydrogen) atoms. The topological polar surface area (TPSA) is 47.1 Å². The van der Waals surface area contributed by atoms with E-state index in [0.29, 0.717) is 5.82 Å². The number of hydrogen-bond donors (Lipinski definition) is 1. The number of nitrogens with two attached hydrogens (primary N) is 1. The van der Waals surface area contributed by atoms with Crippen LogP contribution in [0.3, 0.4) is 0 Å². The van der Waals surface area contributed by atoms with Crippen LogP contribution in [0.4, 0.5) is 5.82 Å². The van der Waals surface area contributed by atoms with Gasteiger partial charge in [-0.1, -0.05) is 6.92 Å². The van der Waals surface area contributed by atoms with Gasteiger partial charge in [0.15, 0.2) is 0 Å². The molecule has 0 atom stereocenters. The third-order valence-corrected chi connectivity index (χ3v) is 2.80. The summed E-state index contributed by atoms with van der Waals surface area (Å²) in [6, 6.07) is 0. The van der Waals surface area contributed by atoms with E-state index in [9.17, 15) is 0 Å². The van der Waals surface area contributed by atoms with E-state index in [1.807, 2.05) is 11.7 Å². The lowest BCUT2D eigenvalue weighted by Crippen LogP contribution is -2.30. The zero-order valence-corrected chi connectivity index (χ0v) is 8.25. The van der Waals surface area contributed by atoms with Crippen molar-refractivity contribution in [3.63, 3.8) is 0 Å². The maximum atomic E-state index is 5.82. The first-order valence-electron chi connectivity index (χ1n) is 4.75. The van der Waals surface area contributed by atoms with Gasteiger partial charge in [-0.2, -0.15) is 5.10 Å². The Morgan fingerprint density at radius 1 is 1.54 bits per heavy atom. The summed E-state index contributed by atoms with van der Waals surface area (Å²) in [5.74, 6) is 0.704. The zero-order chi connectivity index (χ0) is 9.42. The van der Waals surface area contributed by atoms with E-state index in [-0.39, 0.29) is 0 Å². The number of aromatic nitrogens is 2. The average Bonchev–Trinajstić information content (AvgIpc) is 2.42. The number of aryl methyl sites for hydroxylation is 1. The smallest absolute Gasteiger partial charge is 0.150 e. The molecule has 1 aromatic rings. The molecule has 0 saturated heterocycles. The third-order valence-electron chi connectivity index (χ3n) is 2.80. The van der Waals surface area contributed by atoms with Crippen LogP contribution in [0.15, 0.2) is 0 Å². The molecule has 0 radical (unpaired) electrons. The largest absolute Gasteiger partial charge is 0.382 e. The monoisotopic (exact) mass is 180 g/mol. The summed E-state index contributed by atoms with van der Waals surface area (Å²) < 4.78 is 1.91. The minimum absolute atomic E-state index is 0.704. The summed E-state index contributed by atoms with van der Waals surface area (Å²) in [4.78, 5) is 2.39. The minimum atomic E-state index is 0.704. The molecule has 0 bridgehead atoms. The molecule has 0 aliphatic carbocycles. The lowest BCUT2D eigenvalue weighted by atomic mass is 10.1. The van der Waals surface area contributed by atoms with Crippen LogP contribution in [0.2, 0.25) is 0 Å². The molecule has 0 unspecified atom stereocenters. The minimum Gasteiger partial charge on any atom is -0.382 e. The van der Waals surface area contributed by atoms with Crippen LogP contribution in [0.25, 0.3) is 0 Å². The quantitative estimate of drug-likeness (QED) is 0.679. The molecule has 0 amide bonds. The van der Waals surface area contributed by atoms with Gasteiger partial charge in [0, 0.05) is 37.8 Å². The molecule has 0 spiro atoms. The van der Waals surface area contributed by atoms with E-state index >= 15 is 0 Å². The van der Waals surface area contributed by atoms with Gasteiger partial charge < -0.3 is 5.73 Å². The van der Waals surface area contributed by atoms with Gasteiger partial charge in [0.2, 0.25) is 0 Å². The molecular formula is C9H16N4. The van der Waals surface area contributed by atoms with Crippen LogP contribution in [0.1, 0.15) is 18.2 Å². The molecule has 2 heterocycles. The highest BCUT2D eigenvalue weighted by atomic mass is 15.3. The Morgan fingerprint density at radius 3 is 3.00 bits per heavy atom. The van der Waals surface area contributed by atoms with Crippen molar-refractivity contribution >= 4 is 5.82 Å². The molecule has 2 N–H and O–H groups in total. The summed E-state index contributed by atoms with van der Waals surface area (Å²) in [6.45, 7) is 5.36. The predicted octanol–water partition coefficient (Wildman–Crippen LogP) is 0.380. The highest BCUT2D eigenvalue weighted by molar-refractivity contribution is 5.43. The molecule has 0 aromatic carbocycles. The fraction of sp³-hybridized carbons (Fsp3) is 0.667. The number of likely N-dealkylation sites (N-methyl/N-ethyl adjacent to an activating group) is 1. The van der Waals surface area contributed by atoms with Gasteiger partial charge in [-0.25, -0.2) is 0 Å². The van der Waals surface area contributed by atoms with Crippen LogP contribution in [0, 0.1) is 0 Å². The fourth-order valence-electron chi connectivity index (χ4n) is 1.95. The summed E-state index contributed by atoms with van der Waals surface area (Å²) in [5.41, 5.74) is 8.36. The second-order valence-electron chi connectivity index (χ2n) is 3.55. The predicted molar refractivity (Wildman–Crippen MR) is 52.3 cm³/mol. The van der Waals surface area contributed by atoms with Crippen molar-refractivity contribution in [3.8, 4) is 0 Å². The molecular weight excluding hydrogens is 164 g/mol. The van der Waals surface area contributed by atoms with E-state index in [1.54, 1.807) is 0 Å². The van der Waals surface area contributed by atoms with Crippen LogP contribution in [-0.2, 0) is 20.0 Å². The standard InChI is InChI=1S/C9H16N4/c1-3-13-5-4-8-7(6-13)9(10)11-12(8)2/h3-6H2,1-2H3,(H2,10,11). The van der Waals surface area contributed by atoms with Gasteiger partial charge >= 0.3 is 0 Å². The average molecular weight is 180 g/mol. The molecule has 0 saturated carbocycles. The Bertz CT molecular complexity index is 316. The summed E-state index contributed by atoms with van der Waals surface area (Å²) in [7, 11) is 1.97. The van der Waals surface area contributed by atoms with E-state index in [0.717, 1.165) is 26.1 Å². The molecule has 2 rings (SSSR count). The molecule has 4 heteroatoms. The Morgan fingerprint density at radius 2 is 2.31 bits per heavy atom. The number of nitrogens with zero attached hydrogens (tertiary/aromatic N) is 3. The van der Waals surface area contributed by atoms with Crippen molar-refractivity contribution in [1.29, 1.82) is 0 Å². The van der Waals surface area contributed by atoms with Crippen LogP contribution < -0.4 is 5.73 Å². The number of hydrogen-bond acceptors (Lipinski definition) is 3. The highest BCUT2D eigenvalue weighted by Gasteiger charge is 2.21. The third kappa shape index (κ3) is 1.31. The lowest BCUT2D eigenvalue weighted by Gasteiger charge is -2.25. The Balaban J connectivity index is 2.33. The van der Waals surface area contributed by atoms with Crippen molar-refractivity contribution in [2.75, 3.05) is 18.8 Å². The number of rotatable bonds is 1. The van der Waals surface area contributed by atoms with Gasteiger partial charge in [0.05, 0.1) is 0 Å². The SMILES string of the molecule is CCN1CCc2c(c(N)nn2C)C1. The van der Waals surface area contributed by atoms with Gasteiger partial charge in [0.1, 0.15) is 5.82 Å². The van der Waals surface area contributed by atoms with Crippen molar-refractivity contribution < 1.29 is 0 Å². The van der Waals surface area contributed by atoms with Gasteiger partial charge in [-0.15, -0.1) is 0 Å². The normalized spacial score (nSPS) is 17.4. The number of anilines is 1. The van der Waals surface area contributed by atoms with Crippen molar-refractivity contribution in [2.45, 2.75) is 19.9 Å². The molecule has 1 aliphatic heterocycles. The van der Waals surface area contributed by atoms with E-state index in [4.69, 9.17) is 5.73 Å². The Kier molecular flexibility index (Phi) is 2.00. The second-order valence-corrected chi connectivity index (χ2v) is 3.55. The second kappa shape index (κ2) is 3.03. The van der Waals surface area contributed by atoms with E-state index in [1.165, 1.54) is 11.3 Å².